The number of nitrogens with zero attached hydrogens (tertiary/aromatic N) is 3. The van der Waals surface area contributed by atoms with Crippen LogP contribution in [0.15, 0.2) is 47.4 Å². The minimum Gasteiger partial charge on any atom is -0.497 e. The average molecular weight is 487 g/mol. The van der Waals surface area contributed by atoms with Crippen LogP contribution in [0.3, 0.4) is 0 Å². The summed E-state index contributed by atoms with van der Waals surface area (Å²) < 4.78 is 33.5. The number of methoxy groups -OCH3 is 1. The summed E-state index contributed by atoms with van der Waals surface area (Å²) in [6.45, 7) is 7.52. The molecule has 0 saturated carbocycles. The van der Waals surface area contributed by atoms with E-state index in [1.165, 1.54) is 5.69 Å². The average Bonchev–Trinajstić information content (AvgIpc) is 3.30. The minimum absolute atomic E-state index is 0.0670. The van der Waals surface area contributed by atoms with Crippen LogP contribution in [0.2, 0.25) is 0 Å². The van der Waals surface area contributed by atoms with Crippen LogP contribution in [0.25, 0.3) is 0 Å². The summed E-state index contributed by atoms with van der Waals surface area (Å²) in [7, 11) is -1.90. The Hall–Kier alpha value is -2.62. The van der Waals surface area contributed by atoms with Crippen LogP contribution in [0.4, 0.5) is 11.4 Å². The van der Waals surface area contributed by atoms with Crippen LogP contribution < -0.4 is 19.3 Å². The van der Waals surface area contributed by atoms with Crippen molar-refractivity contribution >= 4 is 27.3 Å². The Morgan fingerprint density at radius 1 is 1.03 bits per heavy atom. The zero-order chi connectivity index (χ0) is 24.1. The van der Waals surface area contributed by atoms with Crippen LogP contribution in [0, 0.1) is 0 Å². The second-order valence-corrected chi connectivity index (χ2v) is 10.5. The van der Waals surface area contributed by atoms with Crippen LogP contribution in [-0.4, -0.2) is 72.1 Å². The zero-order valence-electron chi connectivity index (χ0n) is 20.0. The Kier molecular flexibility index (Phi) is 7.75. The fourth-order valence-corrected chi connectivity index (χ4v) is 5.73. The molecule has 2 heterocycles. The molecule has 0 radical (unpaired) electrons. The summed E-state index contributed by atoms with van der Waals surface area (Å²) in [5.41, 5.74) is 2.95. The molecule has 4 rings (SSSR count). The lowest BCUT2D eigenvalue weighted by molar-refractivity contribution is -0.118. The van der Waals surface area contributed by atoms with E-state index in [2.05, 4.69) is 26.7 Å². The Balaban J connectivity index is 1.22. The standard InChI is InChI=1S/C25H34N4O4S/c1-3-25(30)29-14-11-20-19-23(9-10-24(20)29)34(31,32)26-12-4-13-27-15-17-28(18-16-27)21-5-7-22(33-2)8-6-21/h5-10,19,26H,3-4,11-18H2,1-2H3. The topological polar surface area (TPSA) is 82.2 Å². The van der Waals surface area contributed by atoms with Gasteiger partial charge in [-0.05, 0) is 67.4 Å². The third-order valence-corrected chi connectivity index (χ3v) is 8.07. The normalized spacial score (nSPS) is 16.5. The lowest BCUT2D eigenvalue weighted by Gasteiger charge is -2.36. The SMILES string of the molecule is CCC(=O)N1CCc2cc(S(=O)(=O)NCCCN3CCN(c4ccc(OC)cc4)CC3)ccc21. The molecule has 9 heteroatoms. The number of amides is 1. The molecular weight excluding hydrogens is 452 g/mol. The smallest absolute Gasteiger partial charge is 0.240 e. The second-order valence-electron chi connectivity index (χ2n) is 8.72. The van der Waals surface area contributed by atoms with Gasteiger partial charge in [0.25, 0.3) is 0 Å². The number of piperazine rings is 1. The molecule has 2 aromatic rings. The Morgan fingerprint density at radius 3 is 2.44 bits per heavy atom. The number of hydrogen-bond donors (Lipinski definition) is 1. The van der Waals surface area contributed by atoms with Crippen molar-refractivity contribution < 1.29 is 17.9 Å². The van der Waals surface area contributed by atoms with Crippen molar-refractivity contribution in [1.82, 2.24) is 9.62 Å². The highest BCUT2D eigenvalue weighted by Crippen LogP contribution is 2.30. The van der Waals surface area contributed by atoms with Gasteiger partial charge in [0.15, 0.2) is 0 Å². The molecule has 0 spiro atoms. The molecule has 1 saturated heterocycles. The van der Waals surface area contributed by atoms with Gasteiger partial charge in [0.2, 0.25) is 15.9 Å². The molecule has 0 unspecified atom stereocenters. The molecule has 184 valence electrons. The first-order valence-electron chi connectivity index (χ1n) is 12.0. The summed E-state index contributed by atoms with van der Waals surface area (Å²) in [6, 6.07) is 13.2. The van der Waals surface area contributed by atoms with Gasteiger partial charge >= 0.3 is 0 Å². The Labute approximate surface area is 202 Å². The maximum absolute atomic E-state index is 12.8. The van der Waals surface area contributed by atoms with Gasteiger partial charge in [-0.15, -0.1) is 0 Å². The van der Waals surface area contributed by atoms with Crippen molar-refractivity contribution in [3.05, 3.63) is 48.0 Å². The first-order chi connectivity index (χ1) is 16.4. The van der Waals surface area contributed by atoms with Crippen LogP contribution in [0.5, 0.6) is 5.75 Å². The number of benzene rings is 2. The van der Waals surface area contributed by atoms with Gasteiger partial charge in [-0.25, -0.2) is 13.1 Å². The first kappa shape index (κ1) is 24.5. The fraction of sp³-hybridized carbons (Fsp3) is 0.480. The first-order valence-corrected chi connectivity index (χ1v) is 13.4. The number of rotatable bonds is 9. The van der Waals surface area contributed by atoms with Gasteiger partial charge < -0.3 is 14.5 Å². The van der Waals surface area contributed by atoms with Crippen LogP contribution in [0.1, 0.15) is 25.3 Å². The number of anilines is 2. The van der Waals surface area contributed by atoms with Crippen molar-refractivity contribution in [2.75, 3.05) is 62.7 Å². The zero-order valence-corrected chi connectivity index (χ0v) is 20.8. The molecule has 2 aromatic carbocycles. The molecule has 1 fully saturated rings. The minimum atomic E-state index is -3.57. The van der Waals surface area contributed by atoms with Gasteiger partial charge in [0, 0.05) is 57.1 Å². The number of hydrogen-bond acceptors (Lipinski definition) is 6. The van der Waals surface area contributed by atoms with E-state index in [1.54, 1.807) is 30.2 Å². The maximum atomic E-state index is 12.8. The molecule has 2 aliphatic rings. The highest BCUT2D eigenvalue weighted by Gasteiger charge is 2.25. The van der Waals surface area contributed by atoms with Crippen molar-refractivity contribution in [1.29, 1.82) is 0 Å². The summed E-state index contributed by atoms with van der Waals surface area (Å²) in [5.74, 6) is 0.926. The predicted molar refractivity (Wildman–Crippen MR) is 134 cm³/mol. The number of sulfonamides is 1. The van der Waals surface area contributed by atoms with Crippen molar-refractivity contribution in [2.24, 2.45) is 0 Å². The number of ether oxygens (including phenoxy) is 1. The molecular formula is C25H34N4O4S. The quantitative estimate of drug-likeness (QED) is 0.549. The monoisotopic (exact) mass is 486 g/mol. The largest absolute Gasteiger partial charge is 0.497 e. The van der Waals surface area contributed by atoms with Crippen LogP contribution in [-0.2, 0) is 21.2 Å². The molecule has 1 amide bonds. The molecule has 1 N–H and O–H groups in total. The summed E-state index contributed by atoms with van der Waals surface area (Å²) in [6.07, 6.45) is 1.88. The van der Waals surface area contributed by atoms with E-state index in [9.17, 15) is 13.2 Å². The molecule has 0 aromatic heterocycles. The van der Waals surface area contributed by atoms with E-state index in [4.69, 9.17) is 4.74 Å². The van der Waals surface area contributed by atoms with Crippen LogP contribution >= 0.6 is 0 Å². The molecule has 0 aliphatic carbocycles. The van der Waals surface area contributed by atoms with Gasteiger partial charge in [0.1, 0.15) is 5.75 Å². The van der Waals surface area contributed by atoms with E-state index in [0.29, 0.717) is 25.9 Å². The number of carbonyl (C=O) groups excluding carboxylic acids is 1. The summed E-state index contributed by atoms with van der Waals surface area (Å²) in [4.78, 5) is 18.8. The van der Waals surface area contributed by atoms with E-state index < -0.39 is 10.0 Å². The van der Waals surface area contributed by atoms with E-state index in [-0.39, 0.29) is 10.8 Å². The lowest BCUT2D eigenvalue weighted by atomic mass is 10.2. The van der Waals surface area contributed by atoms with Gasteiger partial charge in [-0.1, -0.05) is 6.92 Å². The van der Waals surface area contributed by atoms with Gasteiger partial charge in [0.05, 0.1) is 12.0 Å². The van der Waals surface area contributed by atoms with Crippen molar-refractivity contribution in [2.45, 2.75) is 31.1 Å². The Morgan fingerprint density at radius 2 is 1.76 bits per heavy atom. The highest BCUT2D eigenvalue weighted by molar-refractivity contribution is 7.89. The Bertz CT molecular complexity index is 1100. The van der Waals surface area contributed by atoms with Crippen molar-refractivity contribution in [3.8, 4) is 5.75 Å². The van der Waals surface area contributed by atoms with E-state index in [0.717, 1.165) is 56.1 Å². The number of carbonyl (C=O) groups is 1. The fourth-order valence-electron chi connectivity index (χ4n) is 4.61. The van der Waals surface area contributed by atoms with E-state index in [1.807, 2.05) is 19.1 Å². The van der Waals surface area contributed by atoms with Crippen molar-refractivity contribution in [3.63, 3.8) is 0 Å². The molecule has 8 nitrogen and oxygen atoms in total. The molecule has 0 atom stereocenters. The highest BCUT2D eigenvalue weighted by atomic mass is 32.2. The maximum Gasteiger partial charge on any atom is 0.240 e. The second kappa shape index (κ2) is 10.8. The third kappa shape index (κ3) is 5.54. The lowest BCUT2D eigenvalue weighted by Crippen LogP contribution is -2.47. The third-order valence-electron chi connectivity index (χ3n) is 6.61. The molecule has 34 heavy (non-hydrogen) atoms. The van der Waals surface area contributed by atoms with Gasteiger partial charge in [-0.2, -0.15) is 0 Å². The summed E-state index contributed by atoms with van der Waals surface area (Å²) in [5, 5.41) is 0. The molecule has 0 bridgehead atoms. The molecule has 2 aliphatic heterocycles. The van der Waals surface area contributed by atoms with E-state index >= 15 is 0 Å². The van der Waals surface area contributed by atoms with Gasteiger partial charge in [-0.3, -0.25) is 9.69 Å². The number of nitrogens with one attached hydrogen (secondary N) is 1. The summed E-state index contributed by atoms with van der Waals surface area (Å²) >= 11 is 0. The number of fused-ring (bicyclic) bond motifs is 1. The predicted octanol–water partition coefficient (Wildman–Crippen LogP) is 2.48.